The summed E-state index contributed by atoms with van der Waals surface area (Å²) in [4.78, 5) is 39.4. The molecule has 1 saturated heterocycles. The Morgan fingerprint density at radius 1 is 1.34 bits per heavy atom. The van der Waals surface area contributed by atoms with Crippen LogP contribution in [0.15, 0.2) is 30.6 Å². The molecule has 12 heteroatoms. The molecule has 196 valence electrons. The number of likely N-dealkylation sites (tertiary alicyclic amines) is 1. The van der Waals surface area contributed by atoms with Crippen LogP contribution in [0.3, 0.4) is 0 Å². The molecule has 1 fully saturated rings. The number of aromatic amines is 2. The van der Waals surface area contributed by atoms with Crippen LogP contribution in [0.4, 0.5) is 14.9 Å². The first-order valence-electron chi connectivity index (χ1n) is 12.4. The number of nitrogens with one attached hydrogen (secondary N) is 3. The van der Waals surface area contributed by atoms with Crippen molar-refractivity contribution in [1.82, 2.24) is 30.0 Å². The lowest BCUT2D eigenvalue weighted by atomic mass is 9.83. The normalized spacial score (nSPS) is 19.8. The molecule has 2 aliphatic rings. The molecule has 2 amide bonds. The van der Waals surface area contributed by atoms with Gasteiger partial charge in [0, 0.05) is 12.5 Å². The monoisotopic (exact) mass is 537 g/mol. The summed E-state index contributed by atoms with van der Waals surface area (Å²) in [6.07, 6.45) is 2.53. The zero-order valence-corrected chi connectivity index (χ0v) is 21.5. The van der Waals surface area contributed by atoms with Gasteiger partial charge in [0.05, 0.1) is 40.2 Å². The van der Waals surface area contributed by atoms with Gasteiger partial charge in [-0.1, -0.05) is 24.6 Å². The molecule has 2 aliphatic heterocycles. The molecular formula is C26H25ClFN7O3. The zero-order valence-electron chi connectivity index (χ0n) is 20.8. The summed E-state index contributed by atoms with van der Waals surface area (Å²) in [5.74, 6) is -0.648. The van der Waals surface area contributed by atoms with Crippen LogP contribution in [0.1, 0.15) is 65.2 Å². The molecule has 2 atom stereocenters. The highest BCUT2D eigenvalue weighted by Crippen LogP contribution is 2.45. The first-order chi connectivity index (χ1) is 18.3. The van der Waals surface area contributed by atoms with Gasteiger partial charge in [-0.3, -0.25) is 15.2 Å². The number of hydrogen-bond donors (Lipinski definition) is 3. The molecular weight excluding hydrogens is 513 g/mol. The van der Waals surface area contributed by atoms with E-state index >= 15 is 4.39 Å². The van der Waals surface area contributed by atoms with Crippen molar-refractivity contribution in [3.8, 4) is 0 Å². The Bertz CT molecular complexity index is 1580. The molecule has 6 rings (SSSR count). The number of benzene rings is 2. The quantitative estimate of drug-likeness (QED) is 0.335. The number of halogens is 2. The van der Waals surface area contributed by atoms with Crippen molar-refractivity contribution in [2.24, 2.45) is 0 Å². The van der Waals surface area contributed by atoms with Crippen LogP contribution >= 0.6 is 11.6 Å². The van der Waals surface area contributed by atoms with Crippen LogP contribution in [0, 0.1) is 12.7 Å². The highest BCUT2D eigenvalue weighted by Gasteiger charge is 2.49. The standard InChI is InChI=1S/C26H25ClFN7O3/c1-3-15(14-9-13(2)21-18(10-14)29-12-30-21)22-32-23(34-33-22)24(36)35-8-4-7-26(11-35)19-17(31-25(37)38-26)6-5-16(27)20(19)28/h5-6,9-10,12,15H,3-4,7-8,11H2,1-2H3,(H,29,30)(H,31,37)(H,32,33,34)/t15?,26-/m0/s1. The van der Waals surface area contributed by atoms with Gasteiger partial charge in [-0.2, -0.15) is 0 Å². The second kappa shape index (κ2) is 9.09. The van der Waals surface area contributed by atoms with Crippen LogP contribution in [0.2, 0.25) is 5.02 Å². The van der Waals surface area contributed by atoms with E-state index in [1.807, 2.05) is 19.9 Å². The predicted octanol–water partition coefficient (Wildman–Crippen LogP) is 5.02. The fourth-order valence-electron chi connectivity index (χ4n) is 5.66. The van der Waals surface area contributed by atoms with Gasteiger partial charge in [0.25, 0.3) is 5.91 Å². The lowest BCUT2D eigenvalue weighted by molar-refractivity contribution is -0.0420. The van der Waals surface area contributed by atoms with E-state index in [2.05, 4.69) is 36.5 Å². The van der Waals surface area contributed by atoms with Gasteiger partial charge in [-0.05, 0) is 55.5 Å². The second-order valence-corrected chi connectivity index (χ2v) is 10.2. The van der Waals surface area contributed by atoms with Crippen molar-refractivity contribution in [1.29, 1.82) is 0 Å². The number of nitrogens with zero attached hydrogens (tertiary/aromatic N) is 4. The number of hydrogen-bond acceptors (Lipinski definition) is 6. The van der Waals surface area contributed by atoms with Crippen LogP contribution < -0.4 is 5.32 Å². The lowest BCUT2D eigenvalue weighted by Gasteiger charge is -2.44. The topological polar surface area (TPSA) is 129 Å². The Kier molecular flexibility index (Phi) is 5.82. The largest absolute Gasteiger partial charge is 0.436 e. The smallest absolute Gasteiger partial charge is 0.412 e. The van der Waals surface area contributed by atoms with Crippen molar-refractivity contribution in [2.75, 3.05) is 18.4 Å². The molecule has 2 aromatic heterocycles. The zero-order chi connectivity index (χ0) is 26.6. The molecule has 38 heavy (non-hydrogen) atoms. The van der Waals surface area contributed by atoms with Gasteiger partial charge in [-0.15, -0.1) is 5.10 Å². The van der Waals surface area contributed by atoms with Gasteiger partial charge in [0.15, 0.2) is 11.4 Å². The van der Waals surface area contributed by atoms with Crippen LogP contribution in [-0.4, -0.2) is 55.1 Å². The molecule has 3 N–H and O–H groups in total. The Balaban J connectivity index is 1.29. The Hall–Kier alpha value is -3.99. The lowest BCUT2D eigenvalue weighted by Crippen LogP contribution is -2.53. The summed E-state index contributed by atoms with van der Waals surface area (Å²) in [6, 6.07) is 7.02. The highest BCUT2D eigenvalue weighted by atomic mass is 35.5. The van der Waals surface area contributed by atoms with Gasteiger partial charge in [0.1, 0.15) is 5.82 Å². The number of aryl methyl sites for hydroxylation is 1. The number of anilines is 1. The van der Waals surface area contributed by atoms with Crippen LogP contribution in [-0.2, 0) is 10.3 Å². The van der Waals surface area contributed by atoms with Gasteiger partial charge in [0.2, 0.25) is 5.82 Å². The average Bonchev–Trinajstić information content (AvgIpc) is 3.57. The van der Waals surface area contributed by atoms with E-state index in [4.69, 9.17) is 16.3 Å². The molecule has 4 heterocycles. The summed E-state index contributed by atoms with van der Waals surface area (Å²) >= 11 is 6.06. The highest BCUT2D eigenvalue weighted by molar-refractivity contribution is 6.31. The van der Waals surface area contributed by atoms with E-state index in [1.165, 1.54) is 11.0 Å². The van der Waals surface area contributed by atoms with Crippen molar-refractivity contribution < 1.29 is 18.7 Å². The fourth-order valence-corrected chi connectivity index (χ4v) is 5.81. The maximum atomic E-state index is 15.2. The average molecular weight is 538 g/mol. The van der Waals surface area contributed by atoms with E-state index < -0.39 is 23.4 Å². The first kappa shape index (κ1) is 24.4. The number of carbonyl (C=O) groups excluding carboxylic acids is 2. The SMILES string of the molecule is CCC(c1cc(C)c2nc[nH]c2c1)c1nc(C(=O)N2CCC[C@@]3(C2)OC(=O)Nc2ccc(Cl)c(F)c23)n[nH]1. The van der Waals surface area contributed by atoms with Gasteiger partial charge in [-0.25, -0.2) is 19.2 Å². The van der Waals surface area contributed by atoms with Gasteiger partial charge < -0.3 is 14.6 Å². The predicted molar refractivity (Wildman–Crippen MR) is 138 cm³/mol. The number of piperidine rings is 1. The number of rotatable bonds is 4. The van der Waals surface area contributed by atoms with Crippen LogP contribution in [0.5, 0.6) is 0 Å². The van der Waals surface area contributed by atoms with Crippen molar-refractivity contribution in [3.63, 3.8) is 0 Å². The summed E-state index contributed by atoms with van der Waals surface area (Å²) in [6.45, 7) is 4.39. The van der Waals surface area contributed by atoms with Crippen molar-refractivity contribution in [3.05, 3.63) is 69.8 Å². The molecule has 2 aromatic carbocycles. The maximum Gasteiger partial charge on any atom is 0.412 e. The third-order valence-electron chi connectivity index (χ3n) is 7.39. The minimum atomic E-state index is -1.36. The first-order valence-corrected chi connectivity index (χ1v) is 12.8. The van der Waals surface area contributed by atoms with E-state index in [0.29, 0.717) is 25.2 Å². The molecule has 0 bridgehead atoms. The minimum absolute atomic E-state index is 0.00175. The Morgan fingerprint density at radius 3 is 3.00 bits per heavy atom. The van der Waals surface area contributed by atoms with E-state index in [1.54, 1.807) is 12.4 Å². The van der Waals surface area contributed by atoms with E-state index in [0.717, 1.165) is 28.6 Å². The Labute approximate surface area is 221 Å². The summed E-state index contributed by atoms with van der Waals surface area (Å²) in [5, 5.41) is 9.60. The van der Waals surface area contributed by atoms with Crippen LogP contribution in [0.25, 0.3) is 11.0 Å². The summed E-state index contributed by atoms with van der Waals surface area (Å²) in [5.41, 5.74) is 2.98. The van der Waals surface area contributed by atoms with E-state index in [9.17, 15) is 9.59 Å². The molecule has 1 unspecified atom stereocenters. The molecule has 1 spiro atoms. The van der Waals surface area contributed by atoms with Crippen molar-refractivity contribution >= 4 is 40.3 Å². The number of amides is 2. The van der Waals surface area contributed by atoms with Gasteiger partial charge >= 0.3 is 6.09 Å². The van der Waals surface area contributed by atoms with Crippen molar-refractivity contribution in [2.45, 2.75) is 44.6 Å². The number of H-pyrrole nitrogens is 2. The molecule has 4 aromatic rings. The molecule has 0 radical (unpaired) electrons. The molecule has 10 nitrogen and oxygen atoms in total. The molecule has 0 aliphatic carbocycles. The van der Waals surface area contributed by atoms with E-state index in [-0.39, 0.29) is 34.6 Å². The third-order valence-corrected chi connectivity index (χ3v) is 7.68. The summed E-state index contributed by atoms with van der Waals surface area (Å²) < 4.78 is 20.8. The second-order valence-electron chi connectivity index (χ2n) is 9.76. The third kappa shape index (κ3) is 3.89. The number of aromatic nitrogens is 5. The minimum Gasteiger partial charge on any atom is -0.436 e. The number of fused-ring (bicyclic) bond motifs is 3. The maximum absolute atomic E-state index is 15.2. The fraction of sp³-hybridized carbons (Fsp3) is 0.346. The molecule has 0 saturated carbocycles. The summed E-state index contributed by atoms with van der Waals surface area (Å²) in [7, 11) is 0. The number of carbonyl (C=O) groups is 2. The number of ether oxygens (including phenoxy) is 1. The Morgan fingerprint density at radius 2 is 2.18 bits per heavy atom. The number of imidazole rings is 1.